The van der Waals surface area contributed by atoms with Gasteiger partial charge in [0.15, 0.2) is 0 Å². The van der Waals surface area contributed by atoms with E-state index in [-0.39, 0.29) is 5.91 Å². The Kier molecular flexibility index (Phi) is 3.55. The first-order chi connectivity index (χ1) is 10.2. The lowest BCUT2D eigenvalue weighted by Gasteiger charge is -2.44. The molecule has 0 radical (unpaired) electrons. The molecule has 1 aromatic carbocycles. The molecule has 0 saturated heterocycles. The Labute approximate surface area is 124 Å². The van der Waals surface area contributed by atoms with Crippen LogP contribution in [0.1, 0.15) is 18.4 Å². The third kappa shape index (κ3) is 2.16. The zero-order valence-electron chi connectivity index (χ0n) is 12.0. The van der Waals surface area contributed by atoms with Crippen molar-refractivity contribution in [2.45, 2.75) is 31.0 Å². The van der Waals surface area contributed by atoms with Gasteiger partial charge in [-0.3, -0.25) is 4.79 Å². The molecule has 110 valence electrons. The van der Waals surface area contributed by atoms with Crippen LogP contribution in [0.25, 0.3) is 0 Å². The molecular weight excluding hydrogens is 266 g/mol. The van der Waals surface area contributed by atoms with Crippen LogP contribution >= 0.6 is 0 Å². The van der Waals surface area contributed by atoms with Crippen LogP contribution in [0.3, 0.4) is 0 Å². The summed E-state index contributed by atoms with van der Waals surface area (Å²) >= 11 is 0. The minimum Gasteiger partial charge on any atom is -0.498 e. The van der Waals surface area contributed by atoms with Gasteiger partial charge >= 0.3 is 0 Å². The number of nitrogens with zero attached hydrogens (tertiary/aromatic N) is 1. The van der Waals surface area contributed by atoms with Gasteiger partial charge in [-0.05, 0) is 18.4 Å². The zero-order chi connectivity index (χ0) is 14.9. The second kappa shape index (κ2) is 5.37. The fourth-order valence-corrected chi connectivity index (χ4v) is 3.24. The fourth-order valence-electron chi connectivity index (χ4n) is 3.24. The van der Waals surface area contributed by atoms with Crippen molar-refractivity contribution in [1.82, 2.24) is 4.90 Å². The quantitative estimate of drug-likeness (QED) is 0.864. The first-order valence-electron chi connectivity index (χ1n) is 7.13. The highest BCUT2D eigenvalue weighted by Crippen LogP contribution is 2.42. The normalized spacial score (nSPS) is 28.1. The summed E-state index contributed by atoms with van der Waals surface area (Å²) in [6, 6.07) is 9.81. The van der Waals surface area contributed by atoms with E-state index in [0.29, 0.717) is 25.1 Å². The predicted molar refractivity (Wildman–Crippen MR) is 79.2 cm³/mol. The summed E-state index contributed by atoms with van der Waals surface area (Å²) in [6.07, 6.45) is 5.92. The van der Waals surface area contributed by atoms with E-state index in [1.165, 1.54) is 6.08 Å². The summed E-state index contributed by atoms with van der Waals surface area (Å²) in [5.74, 6) is 0.449. The van der Waals surface area contributed by atoms with Gasteiger partial charge < -0.3 is 14.7 Å². The molecule has 4 heteroatoms. The number of amides is 1. The highest BCUT2D eigenvalue weighted by Gasteiger charge is 2.53. The molecule has 0 fully saturated rings. The number of carbonyl (C=O) groups excluding carboxylic acids is 1. The number of methoxy groups -OCH3 is 1. The second-order valence-electron chi connectivity index (χ2n) is 5.47. The van der Waals surface area contributed by atoms with Crippen molar-refractivity contribution in [3.05, 3.63) is 59.9 Å². The number of rotatable bonds is 3. The van der Waals surface area contributed by atoms with Gasteiger partial charge in [0.2, 0.25) is 0 Å². The Bertz CT molecular complexity index is 593. The van der Waals surface area contributed by atoms with Crippen molar-refractivity contribution < 1.29 is 14.6 Å². The van der Waals surface area contributed by atoms with Gasteiger partial charge in [-0.25, -0.2) is 0 Å². The minimum atomic E-state index is -0.767. The molecule has 2 unspecified atom stereocenters. The summed E-state index contributed by atoms with van der Waals surface area (Å²) < 4.78 is 5.42. The van der Waals surface area contributed by atoms with Crippen LogP contribution in [0, 0.1) is 0 Å². The van der Waals surface area contributed by atoms with Crippen molar-refractivity contribution in [2.24, 2.45) is 0 Å². The molecule has 2 atom stereocenters. The van der Waals surface area contributed by atoms with E-state index >= 15 is 0 Å². The number of ether oxygens (including phenoxy) is 1. The maximum absolute atomic E-state index is 12.4. The molecular formula is C17H19NO3. The number of benzene rings is 1. The molecule has 1 N–H and O–H groups in total. The van der Waals surface area contributed by atoms with Gasteiger partial charge in [0.05, 0.1) is 13.2 Å². The Morgan fingerprint density at radius 3 is 2.76 bits per heavy atom. The van der Waals surface area contributed by atoms with E-state index in [0.717, 1.165) is 5.56 Å². The topological polar surface area (TPSA) is 49.8 Å². The van der Waals surface area contributed by atoms with E-state index in [9.17, 15) is 9.90 Å². The standard InChI is InChI=1S/C17H19NO3/c1-21-15-11-16(20)18(12-13-7-3-2-4-8-13)17(15)10-6-5-9-14(17)19/h2-8,11,14,19H,9-10,12H2,1H3. The minimum absolute atomic E-state index is 0.106. The van der Waals surface area contributed by atoms with E-state index in [2.05, 4.69) is 0 Å². The highest BCUT2D eigenvalue weighted by molar-refractivity contribution is 5.92. The van der Waals surface area contributed by atoms with Gasteiger partial charge in [-0.15, -0.1) is 0 Å². The van der Waals surface area contributed by atoms with Crippen molar-refractivity contribution in [3.63, 3.8) is 0 Å². The van der Waals surface area contributed by atoms with Crippen LogP contribution in [-0.4, -0.2) is 34.7 Å². The lowest BCUT2D eigenvalue weighted by atomic mass is 9.81. The van der Waals surface area contributed by atoms with E-state index in [4.69, 9.17) is 4.74 Å². The average molecular weight is 285 g/mol. The lowest BCUT2D eigenvalue weighted by Crippen LogP contribution is -2.56. The maximum Gasteiger partial charge on any atom is 0.251 e. The van der Waals surface area contributed by atoms with Crippen molar-refractivity contribution in [3.8, 4) is 0 Å². The smallest absolute Gasteiger partial charge is 0.251 e. The number of hydrogen-bond acceptors (Lipinski definition) is 3. The van der Waals surface area contributed by atoms with Gasteiger partial charge in [-0.1, -0.05) is 42.5 Å². The Hall–Kier alpha value is -2.07. The third-order valence-electron chi connectivity index (χ3n) is 4.34. The Balaban J connectivity index is 1.98. The lowest BCUT2D eigenvalue weighted by molar-refractivity contribution is -0.135. The molecule has 0 bridgehead atoms. The summed E-state index contributed by atoms with van der Waals surface area (Å²) in [5, 5.41) is 10.6. The van der Waals surface area contributed by atoms with Crippen LogP contribution < -0.4 is 0 Å². The molecule has 1 heterocycles. The highest BCUT2D eigenvalue weighted by atomic mass is 16.5. The molecule has 2 aliphatic rings. The first kappa shape index (κ1) is 13.9. The molecule has 4 nitrogen and oxygen atoms in total. The predicted octanol–water partition coefficient (Wildman–Crippen LogP) is 2.01. The third-order valence-corrected chi connectivity index (χ3v) is 4.34. The average Bonchev–Trinajstić information content (AvgIpc) is 2.77. The number of aliphatic hydroxyl groups is 1. The summed E-state index contributed by atoms with van der Waals surface area (Å²) in [7, 11) is 1.55. The van der Waals surface area contributed by atoms with Crippen LogP contribution in [-0.2, 0) is 16.1 Å². The summed E-state index contributed by atoms with van der Waals surface area (Å²) in [5.41, 5.74) is 0.272. The molecule has 1 aliphatic heterocycles. The van der Waals surface area contributed by atoms with E-state index in [1.807, 2.05) is 42.5 Å². The largest absolute Gasteiger partial charge is 0.498 e. The van der Waals surface area contributed by atoms with Crippen molar-refractivity contribution >= 4 is 5.91 Å². The molecule has 3 rings (SSSR count). The number of hydrogen-bond donors (Lipinski definition) is 1. The van der Waals surface area contributed by atoms with Crippen LogP contribution in [0.5, 0.6) is 0 Å². The van der Waals surface area contributed by atoms with Gasteiger partial charge in [0.25, 0.3) is 5.91 Å². The molecule has 0 aromatic heterocycles. The monoisotopic (exact) mass is 285 g/mol. The van der Waals surface area contributed by atoms with Crippen LogP contribution in [0.4, 0.5) is 0 Å². The zero-order valence-corrected chi connectivity index (χ0v) is 12.0. The summed E-state index contributed by atoms with van der Waals surface area (Å²) in [6.45, 7) is 0.466. The van der Waals surface area contributed by atoms with Gasteiger partial charge in [0, 0.05) is 12.6 Å². The number of carbonyl (C=O) groups is 1. The van der Waals surface area contributed by atoms with Crippen molar-refractivity contribution in [1.29, 1.82) is 0 Å². The van der Waals surface area contributed by atoms with Gasteiger partial charge in [0.1, 0.15) is 11.3 Å². The molecule has 1 spiro atoms. The van der Waals surface area contributed by atoms with Crippen LogP contribution in [0.15, 0.2) is 54.3 Å². The second-order valence-corrected chi connectivity index (χ2v) is 5.47. The summed E-state index contributed by atoms with van der Waals surface area (Å²) in [4.78, 5) is 14.1. The molecule has 21 heavy (non-hydrogen) atoms. The molecule has 1 amide bonds. The molecule has 0 saturated carbocycles. The molecule has 1 aliphatic carbocycles. The Morgan fingerprint density at radius 1 is 1.33 bits per heavy atom. The van der Waals surface area contributed by atoms with E-state index < -0.39 is 11.6 Å². The Morgan fingerprint density at radius 2 is 2.10 bits per heavy atom. The SMILES string of the molecule is COC1=CC(=O)N(Cc2ccccc2)C12CC=CCC2O. The number of aliphatic hydroxyl groups excluding tert-OH is 1. The first-order valence-corrected chi connectivity index (χ1v) is 7.13. The van der Waals surface area contributed by atoms with Gasteiger partial charge in [-0.2, -0.15) is 0 Å². The fraction of sp³-hybridized carbons (Fsp3) is 0.353. The van der Waals surface area contributed by atoms with Crippen LogP contribution in [0.2, 0.25) is 0 Å². The molecule has 1 aromatic rings. The van der Waals surface area contributed by atoms with E-state index in [1.54, 1.807) is 12.0 Å². The van der Waals surface area contributed by atoms with Crippen molar-refractivity contribution in [2.75, 3.05) is 7.11 Å². The maximum atomic E-state index is 12.4.